The van der Waals surface area contributed by atoms with Crippen LogP contribution in [0.3, 0.4) is 0 Å². The first-order valence-corrected chi connectivity index (χ1v) is 2.73. The molecule has 1 unspecified atom stereocenters. The van der Waals surface area contributed by atoms with Crippen LogP contribution in [-0.4, -0.2) is 46.8 Å². The van der Waals surface area contributed by atoms with Crippen LogP contribution in [-0.2, 0) is 9.59 Å². The second kappa shape index (κ2) is 9.02. The fourth-order valence-corrected chi connectivity index (χ4v) is 0.0781. The highest BCUT2D eigenvalue weighted by Crippen LogP contribution is 1.71. The molecule has 0 rings (SSSR count). The molecule has 0 aliphatic heterocycles. The number of nitrogens with two attached hydrogens (primary N) is 1. The van der Waals surface area contributed by atoms with Gasteiger partial charge in [0.1, 0.15) is 12.3 Å². The van der Waals surface area contributed by atoms with E-state index in [9.17, 15) is 4.79 Å². The number of aliphatic hydroxyl groups is 2. The van der Waals surface area contributed by atoms with Crippen molar-refractivity contribution in [2.45, 2.75) is 6.04 Å². The molecule has 0 saturated heterocycles. The van der Waals surface area contributed by atoms with Gasteiger partial charge in [0.25, 0.3) is 0 Å². The van der Waals surface area contributed by atoms with Gasteiger partial charge in [0.15, 0.2) is 0 Å². The Balaban J connectivity index is 0. The van der Waals surface area contributed by atoms with Gasteiger partial charge in [-0.15, -0.1) is 0 Å². The zero-order chi connectivity index (χ0) is 9.28. The quantitative estimate of drug-likeness (QED) is 0.345. The molecule has 0 aromatic carbocycles. The molecule has 0 aromatic rings. The van der Waals surface area contributed by atoms with Gasteiger partial charge in [0, 0.05) is 0 Å². The predicted octanol–water partition coefficient (Wildman–Crippen LogP) is -2.43. The molecule has 0 aliphatic rings. The standard InChI is InChI=1S/C3H7NO3.C2H4O2/c4-2(1-5)3(6)7;3-1-2-4/h2,5H,1,4H2,(H,6,7);1,4H,2H2. The van der Waals surface area contributed by atoms with Gasteiger partial charge in [0.2, 0.25) is 0 Å². The summed E-state index contributed by atoms with van der Waals surface area (Å²) >= 11 is 0. The van der Waals surface area contributed by atoms with E-state index < -0.39 is 18.6 Å². The Labute approximate surface area is 63.3 Å². The SMILES string of the molecule is NC(CO)C(=O)O.O=CCO. The van der Waals surface area contributed by atoms with Crippen LogP contribution in [0.4, 0.5) is 0 Å². The van der Waals surface area contributed by atoms with Gasteiger partial charge in [0.05, 0.1) is 13.2 Å². The van der Waals surface area contributed by atoms with E-state index in [0.29, 0.717) is 6.29 Å². The van der Waals surface area contributed by atoms with Crippen LogP contribution in [0, 0.1) is 0 Å². The Bertz CT molecular complexity index is 115. The summed E-state index contributed by atoms with van der Waals surface area (Å²) < 4.78 is 0. The average molecular weight is 165 g/mol. The summed E-state index contributed by atoms with van der Waals surface area (Å²) in [5.41, 5.74) is 4.77. The van der Waals surface area contributed by atoms with E-state index in [0.717, 1.165) is 0 Å². The number of carboxylic acids is 1. The zero-order valence-corrected chi connectivity index (χ0v) is 5.80. The number of aldehydes is 1. The third-order valence-corrected chi connectivity index (χ3v) is 0.588. The summed E-state index contributed by atoms with van der Waals surface area (Å²) in [7, 11) is 0. The number of carboxylic acid groups (broad SMARTS) is 1. The molecule has 5 N–H and O–H groups in total. The van der Waals surface area contributed by atoms with Gasteiger partial charge in [-0.1, -0.05) is 0 Å². The number of carbonyl (C=O) groups excluding carboxylic acids is 1. The Morgan fingerprint density at radius 3 is 1.91 bits per heavy atom. The number of hydrogen-bond donors (Lipinski definition) is 4. The summed E-state index contributed by atoms with van der Waals surface area (Å²) in [5, 5.41) is 23.4. The predicted molar refractivity (Wildman–Crippen MR) is 35.8 cm³/mol. The minimum absolute atomic E-state index is 0.361. The van der Waals surface area contributed by atoms with Crippen molar-refractivity contribution in [2.75, 3.05) is 13.2 Å². The largest absolute Gasteiger partial charge is 0.480 e. The van der Waals surface area contributed by atoms with Crippen LogP contribution >= 0.6 is 0 Å². The lowest BCUT2D eigenvalue weighted by molar-refractivity contribution is -0.139. The first-order chi connectivity index (χ1) is 5.09. The van der Waals surface area contributed by atoms with Crippen molar-refractivity contribution < 1.29 is 24.9 Å². The molecular weight excluding hydrogens is 154 g/mol. The Morgan fingerprint density at radius 1 is 1.55 bits per heavy atom. The highest BCUT2D eigenvalue weighted by Gasteiger charge is 2.06. The molecule has 0 aliphatic carbocycles. The van der Waals surface area contributed by atoms with Gasteiger partial charge in [-0.2, -0.15) is 0 Å². The molecule has 1 atom stereocenters. The summed E-state index contributed by atoms with van der Waals surface area (Å²) in [6, 6.07) is -1.13. The molecule has 0 amide bonds. The highest BCUT2D eigenvalue weighted by atomic mass is 16.4. The minimum Gasteiger partial charge on any atom is -0.480 e. The minimum atomic E-state index is -1.18. The van der Waals surface area contributed by atoms with Crippen molar-refractivity contribution in [1.29, 1.82) is 0 Å². The first kappa shape index (κ1) is 12.7. The zero-order valence-electron chi connectivity index (χ0n) is 5.80. The molecule has 0 radical (unpaired) electrons. The van der Waals surface area contributed by atoms with Gasteiger partial charge in [-0.05, 0) is 0 Å². The van der Waals surface area contributed by atoms with Gasteiger partial charge in [-0.3, -0.25) is 4.79 Å². The smallest absolute Gasteiger partial charge is 0.322 e. The molecule has 66 valence electrons. The second-order valence-electron chi connectivity index (χ2n) is 1.48. The van der Waals surface area contributed by atoms with Crippen LogP contribution in [0.25, 0.3) is 0 Å². The van der Waals surface area contributed by atoms with E-state index in [2.05, 4.69) is 0 Å². The average Bonchev–Trinajstić information content (AvgIpc) is 2.03. The van der Waals surface area contributed by atoms with E-state index in [1.165, 1.54) is 0 Å². The summed E-state index contributed by atoms with van der Waals surface area (Å²) in [6.45, 7) is -0.866. The van der Waals surface area contributed by atoms with Crippen LogP contribution < -0.4 is 5.73 Å². The normalized spacial score (nSPS) is 10.8. The van der Waals surface area contributed by atoms with E-state index in [-0.39, 0.29) is 6.61 Å². The molecule has 6 nitrogen and oxygen atoms in total. The van der Waals surface area contributed by atoms with E-state index >= 15 is 0 Å². The lowest BCUT2D eigenvalue weighted by Gasteiger charge is -1.96. The number of carbonyl (C=O) groups is 2. The number of rotatable bonds is 3. The van der Waals surface area contributed by atoms with Crippen molar-refractivity contribution >= 4 is 12.3 Å². The maximum Gasteiger partial charge on any atom is 0.322 e. The molecule has 0 aromatic heterocycles. The van der Waals surface area contributed by atoms with Crippen LogP contribution in [0.1, 0.15) is 0 Å². The van der Waals surface area contributed by atoms with E-state index in [1.807, 2.05) is 0 Å². The number of hydrogen-bond acceptors (Lipinski definition) is 5. The summed E-state index contributed by atoms with van der Waals surface area (Å²) in [5.74, 6) is -1.18. The molecule has 11 heavy (non-hydrogen) atoms. The maximum absolute atomic E-state index is 9.65. The Hall–Kier alpha value is -0.980. The molecule has 0 spiro atoms. The molecule has 6 heteroatoms. The molecule has 0 saturated carbocycles. The van der Waals surface area contributed by atoms with Crippen molar-refractivity contribution in [1.82, 2.24) is 0 Å². The van der Waals surface area contributed by atoms with Crippen molar-refractivity contribution in [2.24, 2.45) is 5.73 Å². The van der Waals surface area contributed by atoms with E-state index in [1.54, 1.807) is 0 Å². The van der Waals surface area contributed by atoms with Crippen LogP contribution in [0.15, 0.2) is 0 Å². The third kappa shape index (κ3) is 12.3. The fourth-order valence-electron chi connectivity index (χ4n) is 0.0781. The molecule has 0 fully saturated rings. The van der Waals surface area contributed by atoms with Crippen molar-refractivity contribution in [3.05, 3.63) is 0 Å². The van der Waals surface area contributed by atoms with Crippen molar-refractivity contribution in [3.8, 4) is 0 Å². The van der Waals surface area contributed by atoms with Gasteiger partial charge < -0.3 is 25.8 Å². The lowest BCUT2D eigenvalue weighted by Crippen LogP contribution is -2.33. The molecule has 0 bridgehead atoms. The van der Waals surface area contributed by atoms with Crippen molar-refractivity contribution in [3.63, 3.8) is 0 Å². The van der Waals surface area contributed by atoms with E-state index in [4.69, 9.17) is 25.8 Å². The monoisotopic (exact) mass is 165 g/mol. The summed E-state index contributed by atoms with van der Waals surface area (Å²) in [6.07, 6.45) is 0.431. The maximum atomic E-state index is 9.65. The lowest BCUT2D eigenvalue weighted by atomic mass is 10.3. The number of aliphatic hydroxyl groups excluding tert-OH is 2. The fraction of sp³-hybridized carbons (Fsp3) is 0.600. The first-order valence-electron chi connectivity index (χ1n) is 2.73. The molecular formula is C5H11NO5. The van der Waals surface area contributed by atoms with Crippen LogP contribution in [0.2, 0.25) is 0 Å². The number of aliphatic carboxylic acids is 1. The summed E-state index contributed by atoms with van der Waals surface area (Å²) in [4.78, 5) is 18.6. The molecule has 0 heterocycles. The Kier molecular flexibility index (Phi) is 10.4. The topological polar surface area (TPSA) is 121 Å². The highest BCUT2D eigenvalue weighted by molar-refractivity contribution is 5.73. The van der Waals surface area contributed by atoms with Gasteiger partial charge in [-0.25, -0.2) is 0 Å². The third-order valence-electron chi connectivity index (χ3n) is 0.588. The van der Waals surface area contributed by atoms with Crippen LogP contribution in [0.5, 0.6) is 0 Å². The Morgan fingerprint density at radius 2 is 1.91 bits per heavy atom. The van der Waals surface area contributed by atoms with Gasteiger partial charge >= 0.3 is 5.97 Å². The second-order valence-corrected chi connectivity index (χ2v) is 1.48.